The van der Waals surface area contributed by atoms with Crippen LogP contribution in [0.15, 0.2) is 48.5 Å². The van der Waals surface area contributed by atoms with Crippen LogP contribution in [0.5, 0.6) is 11.5 Å². The summed E-state index contributed by atoms with van der Waals surface area (Å²) in [7, 11) is 0. The van der Waals surface area contributed by atoms with Gasteiger partial charge in [0.15, 0.2) is 5.54 Å². The minimum atomic E-state index is -1.29. The molecule has 1 aliphatic heterocycles. The molecular formula is C16H15NO4. The van der Waals surface area contributed by atoms with Gasteiger partial charge in [-0.25, -0.2) is 4.79 Å². The number of hydrogen-bond donors (Lipinski definition) is 3. The van der Waals surface area contributed by atoms with Crippen molar-refractivity contribution in [1.29, 1.82) is 0 Å². The molecule has 3 rings (SSSR count). The van der Waals surface area contributed by atoms with Gasteiger partial charge in [0, 0.05) is 18.2 Å². The zero-order valence-electron chi connectivity index (χ0n) is 11.2. The van der Waals surface area contributed by atoms with E-state index < -0.39 is 11.5 Å². The highest BCUT2D eigenvalue weighted by atomic mass is 16.5. The molecule has 0 aliphatic carbocycles. The van der Waals surface area contributed by atoms with Crippen molar-refractivity contribution in [2.75, 3.05) is 6.61 Å². The average Bonchev–Trinajstić information content (AvgIpc) is 2.85. The van der Waals surface area contributed by atoms with Gasteiger partial charge in [-0.2, -0.15) is 0 Å². The number of phenols is 1. The second-order valence-electron chi connectivity index (χ2n) is 5.02. The number of carbonyl (C=O) groups is 1. The molecule has 108 valence electrons. The van der Waals surface area contributed by atoms with Crippen molar-refractivity contribution in [3.05, 3.63) is 59.7 Å². The van der Waals surface area contributed by atoms with Crippen molar-refractivity contribution < 1.29 is 19.7 Å². The van der Waals surface area contributed by atoms with E-state index in [1.54, 1.807) is 6.07 Å². The molecular weight excluding hydrogens is 270 g/mol. The summed E-state index contributed by atoms with van der Waals surface area (Å²) in [6.07, 6.45) is 0. The Labute approximate surface area is 121 Å². The van der Waals surface area contributed by atoms with Gasteiger partial charge in [0.25, 0.3) is 0 Å². The van der Waals surface area contributed by atoms with Gasteiger partial charge < -0.3 is 14.9 Å². The van der Waals surface area contributed by atoms with Crippen LogP contribution < -0.4 is 10.1 Å². The van der Waals surface area contributed by atoms with Gasteiger partial charge in [-0.15, -0.1) is 0 Å². The third kappa shape index (κ3) is 2.32. The normalized spacial score (nSPS) is 19.8. The van der Waals surface area contributed by atoms with Crippen molar-refractivity contribution in [2.24, 2.45) is 0 Å². The highest BCUT2D eigenvalue weighted by molar-refractivity contribution is 5.83. The third-order valence-corrected chi connectivity index (χ3v) is 3.67. The van der Waals surface area contributed by atoms with Gasteiger partial charge in [0.05, 0.1) is 0 Å². The molecule has 1 atom stereocenters. The maximum absolute atomic E-state index is 11.8. The second kappa shape index (κ2) is 5.10. The lowest BCUT2D eigenvalue weighted by atomic mass is 9.91. The first-order chi connectivity index (χ1) is 10.1. The molecule has 1 unspecified atom stereocenters. The molecule has 0 bridgehead atoms. The molecule has 0 saturated heterocycles. The summed E-state index contributed by atoms with van der Waals surface area (Å²) in [6.45, 7) is 0.408. The number of carboxylic acid groups (broad SMARTS) is 1. The number of phenolic OH excluding ortho intramolecular Hbond substituents is 1. The predicted octanol–water partition coefficient (Wildman–Crippen LogP) is 1.85. The van der Waals surface area contributed by atoms with E-state index in [9.17, 15) is 15.0 Å². The van der Waals surface area contributed by atoms with Crippen molar-refractivity contribution in [3.63, 3.8) is 0 Å². The zero-order valence-corrected chi connectivity index (χ0v) is 11.2. The van der Waals surface area contributed by atoms with Crippen LogP contribution in [0.2, 0.25) is 0 Å². The van der Waals surface area contributed by atoms with Crippen LogP contribution in [-0.4, -0.2) is 22.8 Å². The Morgan fingerprint density at radius 1 is 1.24 bits per heavy atom. The minimum Gasteiger partial charge on any atom is -0.508 e. The molecule has 2 aromatic carbocycles. The molecule has 21 heavy (non-hydrogen) atoms. The van der Waals surface area contributed by atoms with E-state index in [1.165, 1.54) is 12.1 Å². The van der Waals surface area contributed by atoms with Crippen LogP contribution in [0.25, 0.3) is 0 Å². The molecule has 2 aromatic rings. The van der Waals surface area contributed by atoms with Crippen molar-refractivity contribution in [3.8, 4) is 11.5 Å². The summed E-state index contributed by atoms with van der Waals surface area (Å²) in [4.78, 5) is 11.8. The second-order valence-corrected chi connectivity index (χ2v) is 5.02. The summed E-state index contributed by atoms with van der Waals surface area (Å²) < 4.78 is 5.44. The monoisotopic (exact) mass is 285 g/mol. The quantitative estimate of drug-likeness (QED) is 0.799. The number of aliphatic carboxylic acids is 1. The number of ether oxygens (including phenoxy) is 1. The van der Waals surface area contributed by atoms with Crippen LogP contribution in [0.3, 0.4) is 0 Å². The van der Waals surface area contributed by atoms with E-state index in [2.05, 4.69) is 5.32 Å². The largest absolute Gasteiger partial charge is 0.508 e. The van der Waals surface area contributed by atoms with Gasteiger partial charge in [-0.05, 0) is 17.7 Å². The SMILES string of the molecule is O=C(O)C1(NCc2ccccc2)COc2cc(O)ccc21. The molecule has 5 heteroatoms. The molecule has 0 spiro atoms. The molecule has 0 radical (unpaired) electrons. The van der Waals surface area contributed by atoms with E-state index in [0.717, 1.165) is 5.56 Å². The number of hydrogen-bond acceptors (Lipinski definition) is 4. The van der Waals surface area contributed by atoms with Gasteiger partial charge in [-0.3, -0.25) is 5.32 Å². The van der Waals surface area contributed by atoms with Crippen LogP contribution in [0.4, 0.5) is 0 Å². The molecule has 0 aromatic heterocycles. The van der Waals surface area contributed by atoms with Crippen molar-refractivity contribution in [1.82, 2.24) is 5.32 Å². The van der Waals surface area contributed by atoms with E-state index in [0.29, 0.717) is 17.9 Å². The number of aromatic hydroxyl groups is 1. The molecule has 0 fully saturated rings. The maximum Gasteiger partial charge on any atom is 0.332 e. The lowest BCUT2D eigenvalue weighted by Gasteiger charge is -2.24. The lowest BCUT2D eigenvalue weighted by molar-refractivity contribution is -0.146. The van der Waals surface area contributed by atoms with E-state index >= 15 is 0 Å². The summed E-state index contributed by atoms with van der Waals surface area (Å²) in [5, 5.41) is 22.2. The Morgan fingerprint density at radius 3 is 2.71 bits per heavy atom. The standard InChI is InChI=1S/C16H15NO4/c18-12-6-7-13-14(8-12)21-10-16(13,15(19)20)17-9-11-4-2-1-3-5-11/h1-8,17-18H,9-10H2,(H,19,20). The molecule has 1 aliphatic rings. The number of fused-ring (bicyclic) bond motifs is 1. The Bertz CT molecular complexity index is 671. The highest BCUT2D eigenvalue weighted by Gasteiger charge is 2.47. The van der Waals surface area contributed by atoms with Gasteiger partial charge in [0.2, 0.25) is 0 Å². The molecule has 0 saturated carbocycles. The Balaban J connectivity index is 1.91. The summed E-state index contributed by atoms with van der Waals surface area (Å²) >= 11 is 0. The Morgan fingerprint density at radius 2 is 2.00 bits per heavy atom. The van der Waals surface area contributed by atoms with E-state index in [1.807, 2.05) is 30.3 Å². The molecule has 3 N–H and O–H groups in total. The number of rotatable bonds is 4. The smallest absolute Gasteiger partial charge is 0.332 e. The van der Waals surface area contributed by atoms with Crippen LogP contribution >= 0.6 is 0 Å². The zero-order chi connectivity index (χ0) is 14.9. The highest BCUT2D eigenvalue weighted by Crippen LogP contribution is 2.39. The predicted molar refractivity (Wildman–Crippen MR) is 76.2 cm³/mol. The van der Waals surface area contributed by atoms with E-state index in [-0.39, 0.29) is 12.4 Å². The summed E-state index contributed by atoms with van der Waals surface area (Å²) in [5.41, 5.74) is 0.230. The fraction of sp³-hybridized carbons (Fsp3) is 0.188. The van der Waals surface area contributed by atoms with E-state index in [4.69, 9.17) is 4.74 Å². The minimum absolute atomic E-state index is 0.00600. The van der Waals surface area contributed by atoms with Gasteiger partial charge in [0.1, 0.15) is 18.1 Å². The number of nitrogens with one attached hydrogen (secondary N) is 1. The Kier molecular flexibility index (Phi) is 3.27. The Hall–Kier alpha value is -2.53. The molecule has 5 nitrogen and oxygen atoms in total. The fourth-order valence-electron chi connectivity index (χ4n) is 2.49. The first kappa shape index (κ1) is 13.5. The number of carboxylic acids is 1. The van der Waals surface area contributed by atoms with Crippen LogP contribution in [0.1, 0.15) is 11.1 Å². The van der Waals surface area contributed by atoms with Crippen LogP contribution in [0, 0.1) is 0 Å². The first-order valence-electron chi connectivity index (χ1n) is 6.60. The fourth-order valence-corrected chi connectivity index (χ4v) is 2.49. The third-order valence-electron chi connectivity index (χ3n) is 3.67. The molecule has 0 amide bonds. The van der Waals surface area contributed by atoms with Gasteiger partial charge in [-0.1, -0.05) is 30.3 Å². The topological polar surface area (TPSA) is 78.8 Å². The summed E-state index contributed by atoms with van der Waals surface area (Å²) in [5.74, 6) is -0.543. The maximum atomic E-state index is 11.8. The summed E-state index contributed by atoms with van der Waals surface area (Å²) in [6, 6.07) is 14.1. The number of benzene rings is 2. The van der Waals surface area contributed by atoms with Crippen LogP contribution in [-0.2, 0) is 16.9 Å². The van der Waals surface area contributed by atoms with Crippen molar-refractivity contribution >= 4 is 5.97 Å². The van der Waals surface area contributed by atoms with Gasteiger partial charge >= 0.3 is 5.97 Å². The van der Waals surface area contributed by atoms with Crippen molar-refractivity contribution in [2.45, 2.75) is 12.1 Å². The lowest BCUT2D eigenvalue weighted by Crippen LogP contribution is -2.50. The first-order valence-corrected chi connectivity index (χ1v) is 6.60. The average molecular weight is 285 g/mol. The molecule has 1 heterocycles.